The van der Waals surface area contributed by atoms with Crippen molar-refractivity contribution in [2.24, 2.45) is 7.05 Å². The number of aromatic nitrogens is 2. The molecule has 0 fully saturated rings. The van der Waals surface area contributed by atoms with Crippen LogP contribution in [0.3, 0.4) is 0 Å². The van der Waals surface area contributed by atoms with E-state index >= 15 is 0 Å². The molecule has 1 aromatic heterocycles. The van der Waals surface area contributed by atoms with Gasteiger partial charge in [-0.25, -0.2) is 9.18 Å². The van der Waals surface area contributed by atoms with Crippen LogP contribution >= 0.6 is 0 Å². The Morgan fingerprint density at radius 1 is 1.53 bits per heavy atom. The molecule has 15 heavy (non-hydrogen) atoms. The second-order valence-corrected chi connectivity index (χ2v) is 3.36. The molecule has 0 saturated carbocycles. The number of nitrogens with zero attached hydrogens (tertiary/aromatic N) is 2. The van der Waals surface area contributed by atoms with Gasteiger partial charge in [0.25, 0.3) is 0 Å². The van der Waals surface area contributed by atoms with Crippen molar-refractivity contribution < 1.29 is 14.3 Å². The van der Waals surface area contributed by atoms with Crippen LogP contribution in [0.5, 0.6) is 0 Å². The Morgan fingerprint density at radius 3 is 2.80 bits per heavy atom. The van der Waals surface area contributed by atoms with Crippen molar-refractivity contribution in [3.63, 3.8) is 0 Å². The van der Waals surface area contributed by atoms with Crippen molar-refractivity contribution in [1.29, 1.82) is 0 Å². The number of carbonyl (C=O) groups is 1. The zero-order valence-corrected chi connectivity index (χ0v) is 8.28. The maximum absolute atomic E-state index is 13.3. The molecule has 0 aliphatic rings. The van der Waals surface area contributed by atoms with E-state index in [1.807, 2.05) is 0 Å². The summed E-state index contributed by atoms with van der Waals surface area (Å²) in [6, 6.07) is 2.46. The highest BCUT2D eigenvalue weighted by molar-refractivity contribution is 5.94. The van der Waals surface area contributed by atoms with Crippen LogP contribution in [0.15, 0.2) is 12.1 Å². The standard InChI is InChI=1S/C10H9FN2O2/c1-5-6-3-8(11)7(10(14)15)4-9(6)12-13(5)2/h3-4H,1-2H3,(H,14,15). The van der Waals surface area contributed by atoms with Crippen LogP contribution in [0.4, 0.5) is 4.39 Å². The largest absolute Gasteiger partial charge is 0.478 e. The summed E-state index contributed by atoms with van der Waals surface area (Å²) in [5.41, 5.74) is 0.954. The molecule has 0 spiro atoms. The smallest absolute Gasteiger partial charge is 0.338 e. The van der Waals surface area contributed by atoms with Gasteiger partial charge in [0.1, 0.15) is 5.82 Å². The van der Waals surface area contributed by atoms with Gasteiger partial charge >= 0.3 is 5.97 Å². The van der Waals surface area contributed by atoms with E-state index in [9.17, 15) is 9.18 Å². The number of carboxylic acids is 1. The molecule has 4 nitrogen and oxygen atoms in total. The fourth-order valence-electron chi connectivity index (χ4n) is 1.51. The molecule has 0 aliphatic heterocycles. The summed E-state index contributed by atoms with van der Waals surface area (Å²) < 4.78 is 14.9. The molecule has 0 radical (unpaired) electrons. The summed E-state index contributed by atoms with van der Waals surface area (Å²) in [6.07, 6.45) is 0. The van der Waals surface area contributed by atoms with Crippen LogP contribution in [0, 0.1) is 12.7 Å². The Labute approximate surface area is 84.9 Å². The molecule has 2 rings (SSSR count). The van der Waals surface area contributed by atoms with Gasteiger partial charge < -0.3 is 5.11 Å². The maximum atomic E-state index is 13.3. The van der Waals surface area contributed by atoms with Crippen LogP contribution in [0.2, 0.25) is 0 Å². The zero-order valence-electron chi connectivity index (χ0n) is 8.28. The Hall–Kier alpha value is -1.91. The fraction of sp³-hybridized carbons (Fsp3) is 0.200. The van der Waals surface area contributed by atoms with Crippen LogP contribution in [-0.4, -0.2) is 20.9 Å². The second kappa shape index (κ2) is 3.05. The third-order valence-electron chi connectivity index (χ3n) is 2.45. The summed E-state index contributed by atoms with van der Waals surface area (Å²) in [6.45, 7) is 1.80. The van der Waals surface area contributed by atoms with Crippen LogP contribution in [0.25, 0.3) is 10.9 Å². The number of hydrogen-bond acceptors (Lipinski definition) is 2. The molecule has 1 aromatic carbocycles. The van der Waals surface area contributed by atoms with Gasteiger partial charge in [0.2, 0.25) is 0 Å². The first-order valence-electron chi connectivity index (χ1n) is 4.37. The summed E-state index contributed by atoms with van der Waals surface area (Å²) in [5, 5.41) is 13.4. The maximum Gasteiger partial charge on any atom is 0.338 e. The minimum Gasteiger partial charge on any atom is -0.478 e. The average Bonchev–Trinajstić information content (AvgIpc) is 2.43. The number of rotatable bonds is 1. The van der Waals surface area contributed by atoms with Gasteiger partial charge in [-0.1, -0.05) is 0 Å². The van der Waals surface area contributed by atoms with Crippen molar-refractivity contribution in [3.05, 3.63) is 29.2 Å². The van der Waals surface area contributed by atoms with E-state index in [-0.39, 0.29) is 5.56 Å². The van der Waals surface area contributed by atoms with E-state index in [0.717, 1.165) is 5.69 Å². The van der Waals surface area contributed by atoms with Crippen LogP contribution in [-0.2, 0) is 7.05 Å². The molecule has 0 saturated heterocycles. The summed E-state index contributed by atoms with van der Waals surface area (Å²) in [4.78, 5) is 10.7. The number of carboxylic acid groups (broad SMARTS) is 1. The quantitative estimate of drug-likeness (QED) is 0.776. The van der Waals surface area contributed by atoms with E-state index in [2.05, 4.69) is 5.10 Å². The van der Waals surface area contributed by atoms with Crippen molar-refractivity contribution >= 4 is 16.9 Å². The summed E-state index contributed by atoms with van der Waals surface area (Å²) in [5.74, 6) is -2.01. The lowest BCUT2D eigenvalue weighted by atomic mass is 10.1. The normalized spacial score (nSPS) is 10.9. The molecule has 1 heterocycles. The first kappa shape index (κ1) is 9.64. The predicted molar refractivity (Wildman–Crippen MR) is 52.4 cm³/mol. The Balaban J connectivity index is 2.82. The van der Waals surface area contributed by atoms with E-state index in [4.69, 9.17) is 5.11 Å². The average molecular weight is 208 g/mol. The summed E-state index contributed by atoms with van der Waals surface area (Å²) in [7, 11) is 1.73. The Morgan fingerprint density at radius 2 is 2.20 bits per heavy atom. The monoisotopic (exact) mass is 208 g/mol. The van der Waals surface area contributed by atoms with Gasteiger partial charge in [-0.2, -0.15) is 5.10 Å². The van der Waals surface area contributed by atoms with E-state index in [1.165, 1.54) is 12.1 Å². The second-order valence-electron chi connectivity index (χ2n) is 3.36. The topological polar surface area (TPSA) is 55.1 Å². The van der Waals surface area contributed by atoms with Crippen molar-refractivity contribution in [2.45, 2.75) is 6.92 Å². The number of hydrogen-bond donors (Lipinski definition) is 1. The zero-order chi connectivity index (χ0) is 11.2. The number of aryl methyl sites for hydroxylation is 2. The van der Waals surface area contributed by atoms with Crippen LogP contribution in [0.1, 0.15) is 16.1 Å². The van der Waals surface area contributed by atoms with E-state index in [1.54, 1.807) is 18.7 Å². The lowest BCUT2D eigenvalue weighted by molar-refractivity contribution is 0.0692. The SMILES string of the molecule is Cc1c2cc(F)c(C(=O)O)cc2nn1C. The van der Waals surface area contributed by atoms with E-state index in [0.29, 0.717) is 10.9 Å². The van der Waals surface area contributed by atoms with Gasteiger partial charge in [-0.15, -0.1) is 0 Å². The molecular formula is C10H9FN2O2. The number of fused-ring (bicyclic) bond motifs is 1. The van der Waals surface area contributed by atoms with Crippen molar-refractivity contribution in [3.8, 4) is 0 Å². The van der Waals surface area contributed by atoms with Gasteiger partial charge in [0, 0.05) is 18.1 Å². The molecular weight excluding hydrogens is 199 g/mol. The van der Waals surface area contributed by atoms with Gasteiger partial charge in [-0.05, 0) is 19.1 Å². The molecule has 0 bridgehead atoms. The van der Waals surface area contributed by atoms with Gasteiger partial charge in [0.05, 0.1) is 11.1 Å². The van der Waals surface area contributed by atoms with Gasteiger partial charge in [0.15, 0.2) is 0 Å². The first-order chi connectivity index (χ1) is 7.00. The number of halogens is 1. The highest BCUT2D eigenvalue weighted by Crippen LogP contribution is 2.21. The lowest BCUT2D eigenvalue weighted by Crippen LogP contribution is -1.99. The molecule has 78 valence electrons. The van der Waals surface area contributed by atoms with Crippen molar-refractivity contribution in [2.75, 3.05) is 0 Å². The fourth-order valence-corrected chi connectivity index (χ4v) is 1.51. The highest BCUT2D eigenvalue weighted by Gasteiger charge is 2.14. The third kappa shape index (κ3) is 1.36. The number of aromatic carboxylic acids is 1. The molecule has 5 heteroatoms. The molecule has 0 aliphatic carbocycles. The molecule has 0 atom stereocenters. The molecule has 0 unspecified atom stereocenters. The van der Waals surface area contributed by atoms with Crippen LogP contribution < -0.4 is 0 Å². The third-order valence-corrected chi connectivity index (χ3v) is 2.45. The predicted octanol–water partition coefficient (Wildman–Crippen LogP) is 1.72. The molecule has 1 N–H and O–H groups in total. The summed E-state index contributed by atoms with van der Waals surface area (Å²) >= 11 is 0. The minimum atomic E-state index is -1.28. The minimum absolute atomic E-state index is 0.347. The Kier molecular flexibility index (Phi) is 1.96. The van der Waals surface area contributed by atoms with Gasteiger partial charge in [-0.3, -0.25) is 4.68 Å². The number of benzene rings is 1. The first-order valence-corrected chi connectivity index (χ1v) is 4.37. The molecule has 0 amide bonds. The Bertz CT molecular complexity index is 560. The van der Waals surface area contributed by atoms with Crippen molar-refractivity contribution in [1.82, 2.24) is 9.78 Å². The molecule has 2 aromatic rings. The highest BCUT2D eigenvalue weighted by atomic mass is 19.1. The van der Waals surface area contributed by atoms with E-state index < -0.39 is 11.8 Å². The lowest BCUT2D eigenvalue weighted by Gasteiger charge is -1.97.